The number of hydrogen-bond acceptors (Lipinski definition) is 3. The van der Waals surface area contributed by atoms with Crippen LogP contribution in [0.25, 0.3) is 11.3 Å². The normalized spacial score (nSPS) is 16.8. The molecule has 2 heterocycles. The van der Waals surface area contributed by atoms with Gasteiger partial charge in [0.2, 0.25) is 0 Å². The predicted octanol–water partition coefficient (Wildman–Crippen LogP) is 4.19. The minimum atomic E-state index is -0.657. The van der Waals surface area contributed by atoms with E-state index in [0.717, 1.165) is 11.6 Å². The van der Waals surface area contributed by atoms with Crippen LogP contribution in [0.1, 0.15) is 29.0 Å². The van der Waals surface area contributed by atoms with Gasteiger partial charge in [0.25, 0.3) is 0 Å². The quantitative estimate of drug-likeness (QED) is 0.749. The van der Waals surface area contributed by atoms with Gasteiger partial charge in [0.05, 0.1) is 5.69 Å². The van der Waals surface area contributed by atoms with Crippen LogP contribution in [0.3, 0.4) is 0 Å². The van der Waals surface area contributed by atoms with Crippen molar-refractivity contribution in [3.63, 3.8) is 0 Å². The van der Waals surface area contributed by atoms with Gasteiger partial charge >= 0.3 is 0 Å². The number of fused-ring (bicyclic) bond motifs is 1. The molecule has 0 bridgehead atoms. The second-order valence-corrected chi connectivity index (χ2v) is 6.36. The lowest BCUT2D eigenvalue weighted by Crippen LogP contribution is -2.12. The summed E-state index contributed by atoms with van der Waals surface area (Å²) in [7, 11) is 0. The summed E-state index contributed by atoms with van der Waals surface area (Å²) in [6.45, 7) is 1.10. The van der Waals surface area contributed by atoms with Crippen LogP contribution in [0, 0.1) is 17.5 Å². The van der Waals surface area contributed by atoms with Gasteiger partial charge in [-0.15, -0.1) is 0 Å². The third kappa shape index (κ3) is 3.20. The van der Waals surface area contributed by atoms with Crippen molar-refractivity contribution < 1.29 is 13.2 Å². The lowest BCUT2D eigenvalue weighted by atomic mass is 9.85. The van der Waals surface area contributed by atoms with Crippen LogP contribution >= 0.6 is 0 Å². The van der Waals surface area contributed by atoms with Gasteiger partial charge in [-0.3, -0.25) is 0 Å². The highest BCUT2D eigenvalue weighted by molar-refractivity contribution is 5.61. The Labute approximate surface area is 148 Å². The lowest BCUT2D eigenvalue weighted by molar-refractivity contribution is 0.563. The van der Waals surface area contributed by atoms with E-state index in [0.29, 0.717) is 41.9 Å². The molecule has 6 heteroatoms. The smallest absolute Gasteiger partial charge is 0.128 e. The van der Waals surface area contributed by atoms with Crippen molar-refractivity contribution in [3.05, 3.63) is 82.8 Å². The Morgan fingerprint density at radius 1 is 1.00 bits per heavy atom. The second kappa shape index (κ2) is 6.88. The van der Waals surface area contributed by atoms with E-state index >= 15 is 4.39 Å². The highest BCUT2D eigenvalue weighted by Gasteiger charge is 2.25. The maximum Gasteiger partial charge on any atom is 0.128 e. The average Bonchev–Trinajstić information content (AvgIpc) is 2.84. The Kier molecular flexibility index (Phi) is 4.42. The molecule has 0 fully saturated rings. The zero-order valence-electron chi connectivity index (χ0n) is 13.8. The number of nitrogens with zero attached hydrogens (tertiary/aromatic N) is 2. The first-order valence-electron chi connectivity index (χ1n) is 8.39. The lowest BCUT2D eigenvalue weighted by Gasteiger charge is -2.20. The van der Waals surface area contributed by atoms with Crippen molar-refractivity contribution in [2.24, 2.45) is 0 Å². The van der Waals surface area contributed by atoms with Gasteiger partial charge in [0, 0.05) is 30.3 Å². The largest absolute Gasteiger partial charge is 0.313 e. The summed E-state index contributed by atoms with van der Waals surface area (Å²) in [5.41, 5.74) is 2.89. The second-order valence-electron chi connectivity index (χ2n) is 6.36. The topological polar surface area (TPSA) is 37.8 Å². The van der Waals surface area contributed by atoms with Crippen LogP contribution in [-0.4, -0.2) is 16.7 Å². The minimum absolute atomic E-state index is 0.401. The number of aromatic nitrogens is 2. The molecule has 132 valence electrons. The molecule has 0 spiro atoms. The Morgan fingerprint density at radius 3 is 2.54 bits per heavy atom. The zero-order valence-corrected chi connectivity index (χ0v) is 13.8. The van der Waals surface area contributed by atoms with Gasteiger partial charge in [-0.25, -0.2) is 13.2 Å². The first-order chi connectivity index (χ1) is 12.6. The van der Waals surface area contributed by atoms with E-state index in [1.807, 2.05) is 6.07 Å². The number of nitrogens with one attached hydrogen (secondary N) is 1. The van der Waals surface area contributed by atoms with Crippen LogP contribution in [0.2, 0.25) is 0 Å². The van der Waals surface area contributed by atoms with E-state index in [4.69, 9.17) is 0 Å². The number of halogens is 3. The van der Waals surface area contributed by atoms with Gasteiger partial charge in [0.1, 0.15) is 17.5 Å². The molecule has 1 aromatic heterocycles. The van der Waals surface area contributed by atoms with Crippen LogP contribution in [0.4, 0.5) is 13.2 Å². The van der Waals surface area contributed by atoms with E-state index in [-0.39, 0.29) is 0 Å². The van der Waals surface area contributed by atoms with E-state index in [2.05, 4.69) is 15.5 Å². The first kappa shape index (κ1) is 16.7. The van der Waals surface area contributed by atoms with Gasteiger partial charge in [-0.05, 0) is 66.1 Å². The maximum absolute atomic E-state index is 15.1. The summed E-state index contributed by atoms with van der Waals surface area (Å²) in [5, 5.41) is 11.1. The zero-order chi connectivity index (χ0) is 18.1. The van der Waals surface area contributed by atoms with Gasteiger partial charge in [-0.2, -0.15) is 10.2 Å². The minimum Gasteiger partial charge on any atom is -0.313 e. The van der Waals surface area contributed by atoms with Crippen molar-refractivity contribution in [1.82, 2.24) is 15.5 Å². The third-order valence-electron chi connectivity index (χ3n) is 4.64. The summed E-state index contributed by atoms with van der Waals surface area (Å²) in [5.74, 6) is -2.13. The highest BCUT2D eigenvalue weighted by Crippen LogP contribution is 2.36. The maximum atomic E-state index is 15.1. The fourth-order valence-electron chi connectivity index (χ4n) is 3.54. The summed E-state index contributed by atoms with van der Waals surface area (Å²) < 4.78 is 42.4. The molecule has 1 unspecified atom stereocenters. The summed E-state index contributed by atoms with van der Waals surface area (Å²) in [4.78, 5) is 0. The highest BCUT2D eigenvalue weighted by atomic mass is 19.1. The molecule has 0 radical (unpaired) electrons. The Morgan fingerprint density at radius 2 is 1.81 bits per heavy atom. The summed E-state index contributed by atoms with van der Waals surface area (Å²) in [6.07, 6.45) is 2.11. The van der Waals surface area contributed by atoms with Crippen LogP contribution in [0.15, 0.2) is 48.7 Å². The molecular formula is C20H16F3N3. The van der Waals surface area contributed by atoms with Crippen LogP contribution < -0.4 is 5.32 Å². The van der Waals surface area contributed by atoms with E-state index in [1.165, 1.54) is 18.2 Å². The molecule has 1 N–H and O–H groups in total. The summed E-state index contributed by atoms with van der Waals surface area (Å²) >= 11 is 0. The van der Waals surface area contributed by atoms with Crippen molar-refractivity contribution in [2.75, 3.05) is 6.54 Å². The molecule has 0 saturated heterocycles. The molecular weight excluding hydrogens is 339 g/mol. The first-order valence-corrected chi connectivity index (χ1v) is 8.39. The number of hydrogen-bond donors (Lipinski definition) is 1. The van der Waals surface area contributed by atoms with Gasteiger partial charge < -0.3 is 5.32 Å². The number of rotatable bonds is 2. The predicted molar refractivity (Wildman–Crippen MR) is 92.0 cm³/mol. The molecule has 2 aromatic carbocycles. The third-order valence-corrected chi connectivity index (χ3v) is 4.64. The Balaban J connectivity index is 1.84. The molecule has 0 amide bonds. The molecule has 3 aromatic rings. The molecule has 0 aliphatic carbocycles. The van der Waals surface area contributed by atoms with Gasteiger partial charge in [0.15, 0.2) is 0 Å². The van der Waals surface area contributed by atoms with Crippen LogP contribution in [0.5, 0.6) is 0 Å². The van der Waals surface area contributed by atoms with Gasteiger partial charge in [-0.1, -0.05) is 0 Å². The van der Waals surface area contributed by atoms with E-state index in [9.17, 15) is 8.78 Å². The SMILES string of the molecule is Fc1cc(F)cc(C2CCNCc3cc(-c4cccnn4)cc(F)c32)c1. The van der Waals surface area contributed by atoms with Crippen molar-refractivity contribution in [1.29, 1.82) is 0 Å². The molecule has 3 nitrogen and oxygen atoms in total. The van der Waals surface area contributed by atoms with Crippen molar-refractivity contribution in [3.8, 4) is 11.3 Å². The summed E-state index contributed by atoms with van der Waals surface area (Å²) in [6, 6.07) is 10.2. The van der Waals surface area contributed by atoms with Crippen LogP contribution in [-0.2, 0) is 6.54 Å². The molecule has 1 aliphatic rings. The van der Waals surface area contributed by atoms with Crippen molar-refractivity contribution >= 4 is 0 Å². The van der Waals surface area contributed by atoms with Crippen molar-refractivity contribution in [2.45, 2.75) is 18.9 Å². The fraction of sp³-hybridized carbons (Fsp3) is 0.200. The molecule has 1 aliphatic heterocycles. The van der Waals surface area contributed by atoms with E-state index in [1.54, 1.807) is 18.3 Å². The monoisotopic (exact) mass is 355 g/mol. The standard InChI is InChI=1S/C20H16F3N3/c21-15-7-12(8-16(22)10-15)17-3-5-24-11-14-6-13(9-18(23)20(14)17)19-2-1-4-25-26-19/h1-2,4,6-10,17,24H,3,5,11H2. The Bertz CT molecular complexity index is 924. The molecule has 26 heavy (non-hydrogen) atoms. The van der Waals surface area contributed by atoms with E-state index < -0.39 is 23.4 Å². The average molecular weight is 355 g/mol. The number of benzene rings is 2. The fourth-order valence-corrected chi connectivity index (χ4v) is 3.54. The Hall–Kier alpha value is -2.73. The molecule has 4 rings (SSSR count). The molecule has 1 atom stereocenters. The molecule has 0 saturated carbocycles.